The van der Waals surface area contributed by atoms with E-state index >= 15 is 0 Å². The van der Waals surface area contributed by atoms with E-state index in [-0.39, 0.29) is 12.3 Å². The lowest BCUT2D eigenvalue weighted by Gasteiger charge is -2.38. The molecule has 0 spiro atoms. The summed E-state index contributed by atoms with van der Waals surface area (Å²) in [5, 5.41) is 7.15. The third-order valence-electron chi connectivity index (χ3n) is 5.94. The van der Waals surface area contributed by atoms with Crippen LogP contribution in [-0.4, -0.2) is 23.9 Å². The summed E-state index contributed by atoms with van der Waals surface area (Å²) in [5.74, 6) is 2.52. The van der Waals surface area contributed by atoms with Crippen LogP contribution in [0.4, 0.5) is 0 Å². The molecule has 0 radical (unpaired) electrons. The predicted octanol–water partition coefficient (Wildman–Crippen LogP) is 5.01. The minimum Gasteiger partial charge on any atom is -0.486 e. The van der Waals surface area contributed by atoms with Gasteiger partial charge in [0.2, 0.25) is 6.23 Å². The molecule has 0 fully saturated rings. The van der Waals surface area contributed by atoms with Crippen LogP contribution in [0.3, 0.4) is 0 Å². The van der Waals surface area contributed by atoms with Crippen LogP contribution in [0.5, 0.6) is 17.2 Å². The maximum absolute atomic E-state index is 6.42. The minimum absolute atomic E-state index is 0.143. The van der Waals surface area contributed by atoms with E-state index in [9.17, 15) is 0 Å². The molecule has 3 aromatic rings. The first-order chi connectivity index (χ1) is 14.8. The number of ether oxygens (including phenoxy) is 3. The maximum atomic E-state index is 6.42. The first-order valence-corrected chi connectivity index (χ1v) is 10.3. The van der Waals surface area contributed by atoms with Gasteiger partial charge in [-0.1, -0.05) is 48.0 Å². The van der Waals surface area contributed by atoms with Gasteiger partial charge in [-0.25, -0.2) is 5.01 Å². The first-order valence-electron chi connectivity index (χ1n) is 10.3. The molecule has 0 N–H and O–H groups in total. The maximum Gasteiger partial charge on any atom is 0.213 e. The van der Waals surface area contributed by atoms with Crippen molar-refractivity contribution in [2.75, 3.05) is 13.2 Å². The molecule has 3 heterocycles. The molecule has 0 saturated heterocycles. The van der Waals surface area contributed by atoms with Gasteiger partial charge in [-0.15, -0.1) is 0 Å². The summed E-state index contributed by atoms with van der Waals surface area (Å²) in [6.45, 7) is 3.27. The van der Waals surface area contributed by atoms with Crippen molar-refractivity contribution in [2.24, 2.45) is 5.10 Å². The number of hydrogen-bond acceptors (Lipinski definition) is 5. The molecule has 2 atom stereocenters. The molecule has 2 unspecified atom stereocenters. The van der Waals surface area contributed by atoms with Gasteiger partial charge in [0.05, 0.1) is 11.8 Å². The highest BCUT2D eigenvalue weighted by Crippen LogP contribution is 2.47. The van der Waals surface area contributed by atoms with Crippen LogP contribution in [0.2, 0.25) is 0 Å². The van der Waals surface area contributed by atoms with E-state index in [0.717, 1.165) is 40.5 Å². The average Bonchev–Trinajstić information content (AvgIpc) is 3.25. The summed E-state index contributed by atoms with van der Waals surface area (Å²) < 4.78 is 17.9. The van der Waals surface area contributed by atoms with Crippen molar-refractivity contribution in [3.05, 3.63) is 89.0 Å². The second kappa shape index (κ2) is 6.80. The number of fused-ring (bicyclic) bond motifs is 4. The minimum atomic E-state index is -0.250. The van der Waals surface area contributed by atoms with Crippen molar-refractivity contribution in [1.29, 1.82) is 0 Å². The van der Waals surface area contributed by atoms with Crippen molar-refractivity contribution >= 4 is 5.71 Å². The highest BCUT2D eigenvalue weighted by Gasteiger charge is 2.40. The molecule has 30 heavy (non-hydrogen) atoms. The fraction of sp³-hybridized carbons (Fsp3) is 0.240. The van der Waals surface area contributed by atoms with Gasteiger partial charge in [0, 0.05) is 23.1 Å². The van der Waals surface area contributed by atoms with E-state index in [1.54, 1.807) is 0 Å². The summed E-state index contributed by atoms with van der Waals surface area (Å²) in [4.78, 5) is 0. The van der Waals surface area contributed by atoms with E-state index in [1.807, 2.05) is 18.2 Å². The fourth-order valence-corrected chi connectivity index (χ4v) is 4.38. The number of nitrogens with zero attached hydrogens (tertiary/aromatic N) is 2. The third-order valence-corrected chi connectivity index (χ3v) is 5.94. The Hall–Kier alpha value is -3.47. The molecule has 150 valence electrons. The summed E-state index contributed by atoms with van der Waals surface area (Å²) >= 11 is 0. The molecule has 3 aromatic carbocycles. The van der Waals surface area contributed by atoms with Crippen LogP contribution in [-0.2, 0) is 0 Å². The lowest BCUT2D eigenvalue weighted by Crippen LogP contribution is -2.33. The van der Waals surface area contributed by atoms with Crippen molar-refractivity contribution in [3.8, 4) is 17.2 Å². The quantitative estimate of drug-likeness (QED) is 0.609. The Balaban J connectivity index is 1.41. The molecule has 0 aromatic heterocycles. The van der Waals surface area contributed by atoms with E-state index < -0.39 is 0 Å². The Morgan fingerprint density at radius 2 is 1.67 bits per heavy atom. The molecule has 5 heteroatoms. The molecule has 0 amide bonds. The largest absolute Gasteiger partial charge is 0.486 e. The van der Waals surface area contributed by atoms with E-state index in [4.69, 9.17) is 19.3 Å². The third kappa shape index (κ3) is 2.81. The number of hydrazone groups is 1. The summed E-state index contributed by atoms with van der Waals surface area (Å²) in [6, 6.07) is 23.0. The molecule has 0 bridgehead atoms. The molecule has 0 saturated carbocycles. The standard InChI is InChI=1S/C25H22N2O3/c1-16-6-8-17(9-7-16)25-27-21(19-4-2-3-5-22(19)30-25)15-20(26-27)18-10-11-23-24(14-18)29-13-12-28-23/h2-11,14,21,25H,12-13,15H2,1H3. The average molecular weight is 398 g/mol. The van der Waals surface area contributed by atoms with Crippen molar-refractivity contribution in [3.63, 3.8) is 0 Å². The number of para-hydroxylation sites is 1. The van der Waals surface area contributed by atoms with Gasteiger partial charge < -0.3 is 14.2 Å². The van der Waals surface area contributed by atoms with E-state index in [2.05, 4.69) is 60.5 Å². The molecule has 3 aliphatic heterocycles. The molecular formula is C25H22N2O3. The van der Waals surface area contributed by atoms with E-state index in [1.165, 1.54) is 11.1 Å². The second-order valence-corrected chi connectivity index (χ2v) is 7.92. The Kier molecular flexibility index (Phi) is 3.94. The second-order valence-electron chi connectivity index (χ2n) is 7.92. The lowest BCUT2D eigenvalue weighted by atomic mass is 9.95. The van der Waals surface area contributed by atoms with Crippen LogP contribution in [0.1, 0.15) is 40.9 Å². The van der Waals surface area contributed by atoms with Crippen LogP contribution < -0.4 is 14.2 Å². The summed E-state index contributed by atoms with van der Waals surface area (Å²) in [6.07, 6.45) is 0.572. The van der Waals surface area contributed by atoms with Gasteiger partial charge in [0.15, 0.2) is 11.5 Å². The normalized spacial score (nSPS) is 21.4. The van der Waals surface area contributed by atoms with Gasteiger partial charge in [-0.3, -0.25) is 0 Å². The summed E-state index contributed by atoms with van der Waals surface area (Å²) in [5.41, 5.74) is 5.61. The molecular weight excluding hydrogens is 376 g/mol. The topological polar surface area (TPSA) is 43.3 Å². The molecule has 6 rings (SSSR count). The fourth-order valence-electron chi connectivity index (χ4n) is 4.38. The van der Waals surface area contributed by atoms with Crippen molar-refractivity contribution in [1.82, 2.24) is 5.01 Å². The SMILES string of the molecule is Cc1ccc(C2Oc3ccccc3C3CC(c4ccc5c(c4)OCCO5)=NN32)cc1. The molecule has 0 aliphatic carbocycles. The Morgan fingerprint density at radius 3 is 2.53 bits per heavy atom. The van der Waals surface area contributed by atoms with Gasteiger partial charge in [0.25, 0.3) is 0 Å². The Bertz CT molecular complexity index is 1140. The highest BCUT2D eigenvalue weighted by atomic mass is 16.6. The van der Waals surface area contributed by atoms with Crippen LogP contribution >= 0.6 is 0 Å². The lowest BCUT2D eigenvalue weighted by molar-refractivity contribution is -0.0190. The van der Waals surface area contributed by atoms with Gasteiger partial charge >= 0.3 is 0 Å². The Morgan fingerprint density at radius 1 is 0.867 bits per heavy atom. The zero-order valence-corrected chi connectivity index (χ0v) is 16.7. The smallest absolute Gasteiger partial charge is 0.213 e. The summed E-state index contributed by atoms with van der Waals surface area (Å²) in [7, 11) is 0. The van der Waals surface area contributed by atoms with Gasteiger partial charge in [-0.2, -0.15) is 5.10 Å². The van der Waals surface area contributed by atoms with Crippen LogP contribution in [0.25, 0.3) is 0 Å². The van der Waals surface area contributed by atoms with E-state index in [0.29, 0.717) is 13.2 Å². The number of rotatable bonds is 2. The zero-order chi connectivity index (χ0) is 20.1. The number of hydrogen-bond donors (Lipinski definition) is 0. The van der Waals surface area contributed by atoms with Crippen molar-refractivity contribution < 1.29 is 14.2 Å². The highest BCUT2D eigenvalue weighted by molar-refractivity contribution is 6.02. The number of aryl methyl sites for hydroxylation is 1. The van der Waals surface area contributed by atoms with Crippen molar-refractivity contribution in [2.45, 2.75) is 25.6 Å². The van der Waals surface area contributed by atoms with Crippen LogP contribution in [0, 0.1) is 6.92 Å². The van der Waals surface area contributed by atoms with Gasteiger partial charge in [-0.05, 0) is 31.2 Å². The molecule has 5 nitrogen and oxygen atoms in total. The monoisotopic (exact) mass is 398 g/mol. The predicted molar refractivity (Wildman–Crippen MR) is 114 cm³/mol. The zero-order valence-electron chi connectivity index (χ0n) is 16.7. The first kappa shape index (κ1) is 17.4. The Labute approximate surface area is 175 Å². The number of benzene rings is 3. The molecule has 3 aliphatic rings. The van der Waals surface area contributed by atoms with Gasteiger partial charge in [0.1, 0.15) is 19.0 Å². The van der Waals surface area contributed by atoms with Crippen LogP contribution in [0.15, 0.2) is 71.8 Å².